The monoisotopic (exact) mass is 348 g/mol. The Hall–Kier alpha value is -3.41. The Balaban J connectivity index is 1.71. The molecule has 2 aromatic heterocycles. The average molecular weight is 348 g/mol. The summed E-state index contributed by atoms with van der Waals surface area (Å²) in [6.45, 7) is 7.85. The minimum absolute atomic E-state index is 0.303. The fraction of sp³-hybridized carbons (Fsp3) is 0.150. The molecule has 132 valence electrons. The van der Waals surface area contributed by atoms with Crippen LogP contribution in [0.15, 0.2) is 60.4 Å². The summed E-state index contributed by atoms with van der Waals surface area (Å²) >= 11 is 0. The van der Waals surface area contributed by atoms with Gasteiger partial charge in [-0.1, -0.05) is 18.7 Å². The minimum Gasteiger partial charge on any atom is -0.490 e. The van der Waals surface area contributed by atoms with E-state index in [2.05, 4.69) is 22.1 Å². The molecular formula is C20H20N4O2. The van der Waals surface area contributed by atoms with Gasteiger partial charge in [0.25, 0.3) is 5.91 Å². The molecule has 1 aromatic carbocycles. The van der Waals surface area contributed by atoms with Crippen molar-refractivity contribution in [1.29, 1.82) is 0 Å². The second kappa shape index (κ2) is 7.65. The highest BCUT2D eigenvalue weighted by atomic mass is 16.5. The molecule has 2 heterocycles. The number of nitrogens with one attached hydrogen (secondary N) is 1. The molecule has 6 heteroatoms. The lowest BCUT2D eigenvalue weighted by atomic mass is 10.2. The molecule has 0 saturated carbocycles. The van der Waals surface area contributed by atoms with Crippen molar-refractivity contribution in [3.63, 3.8) is 0 Å². The number of ether oxygens (including phenoxy) is 1. The van der Waals surface area contributed by atoms with Gasteiger partial charge in [-0.05, 0) is 55.3 Å². The molecule has 0 fully saturated rings. The SMILES string of the molecule is C=CCOc1ccc(/C=N\NC(=O)c2c(C)nc3ccc(C)cn23)cc1. The summed E-state index contributed by atoms with van der Waals surface area (Å²) in [6.07, 6.45) is 5.16. The molecule has 0 radical (unpaired) electrons. The van der Waals surface area contributed by atoms with Gasteiger partial charge in [0.15, 0.2) is 0 Å². The number of nitrogens with zero attached hydrogens (tertiary/aromatic N) is 3. The zero-order valence-electron chi connectivity index (χ0n) is 14.8. The Kier molecular flexibility index (Phi) is 5.12. The van der Waals surface area contributed by atoms with Crippen molar-refractivity contribution in [2.75, 3.05) is 6.61 Å². The van der Waals surface area contributed by atoms with Crippen LogP contribution in [-0.4, -0.2) is 28.1 Å². The van der Waals surface area contributed by atoms with Gasteiger partial charge in [-0.3, -0.25) is 9.20 Å². The van der Waals surface area contributed by atoms with Gasteiger partial charge in [-0.15, -0.1) is 0 Å². The highest BCUT2D eigenvalue weighted by molar-refractivity contribution is 5.95. The van der Waals surface area contributed by atoms with Gasteiger partial charge in [0, 0.05) is 6.20 Å². The molecule has 0 aliphatic carbocycles. The van der Waals surface area contributed by atoms with Crippen LogP contribution in [-0.2, 0) is 0 Å². The number of benzene rings is 1. The van der Waals surface area contributed by atoms with Crippen molar-refractivity contribution in [2.24, 2.45) is 5.10 Å². The van der Waals surface area contributed by atoms with E-state index in [1.54, 1.807) is 16.7 Å². The van der Waals surface area contributed by atoms with E-state index in [4.69, 9.17) is 4.74 Å². The highest BCUT2D eigenvalue weighted by Crippen LogP contribution is 2.14. The van der Waals surface area contributed by atoms with Crippen LogP contribution in [0.2, 0.25) is 0 Å². The second-order valence-electron chi connectivity index (χ2n) is 5.85. The lowest BCUT2D eigenvalue weighted by Crippen LogP contribution is -2.20. The Bertz CT molecular complexity index is 971. The van der Waals surface area contributed by atoms with Crippen molar-refractivity contribution in [2.45, 2.75) is 13.8 Å². The summed E-state index contributed by atoms with van der Waals surface area (Å²) < 4.78 is 7.20. The summed E-state index contributed by atoms with van der Waals surface area (Å²) in [5, 5.41) is 4.04. The summed E-state index contributed by atoms with van der Waals surface area (Å²) in [7, 11) is 0. The maximum Gasteiger partial charge on any atom is 0.290 e. The molecule has 0 unspecified atom stereocenters. The van der Waals surface area contributed by atoms with Crippen LogP contribution in [0.25, 0.3) is 5.65 Å². The maximum atomic E-state index is 12.5. The van der Waals surface area contributed by atoms with Crippen molar-refractivity contribution in [3.8, 4) is 5.75 Å². The third kappa shape index (κ3) is 3.80. The molecule has 0 atom stereocenters. The average Bonchev–Trinajstić information content (AvgIpc) is 2.96. The Morgan fingerprint density at radius 2 is 2.04 bits per heavy atom. The molecule has 1 N–H and O–H groups in total. The highest BCUT2D eigenvalue weighted by Gasteiger charge is 2.15. The first kappa shape index (κ1) is 17.4. The van der Waals surface area contributed by atoms with E-state index < -0.39 is 0 Å². The smallest absolute Gasteiger partial charge is 0.290 e. The van der Waals surface area contributed by atoms with E-state index in [-0.39, 0.29) is 5.91 Å². The first-order valence-corrected chi connectivity index (χ1v) is 8.21. The number of aryl methyl sites for hydroxylation is 2. The van der Waals surface area contributed by atoms with Gasteiger partial charge in [-0.25, -0.2) is 10.4 Å². The number of fused-ring (bicyclic) bond motifs is 1. The molecule has 0 saturated heterocycles. The Morgan fingerprint density at radius 3 is 2.77 bits per heavy atom. The van der Waals surface area contributed by atoms with Crippen molar-refractivity contribution in [3.05, 3.63) is 77.8 Å². The number of amides is 1. The van der Waals surface area contributed by atoms with Crippen LogP contribution in [0.3, 0.4) is 0 Å². The molecule has 0 aliphatic rings. The number of rotatable bonds is 6. The molecule has 0 spiro atoms. The summed E-state index contributed by atoms with van der Waals surface area (Å²) in [5.41, 5.74) is 6.33. The van der Waals surface area contributed by atoms with Gasteiger partial charge >= 0.3 is 0 Å². The number of hydrogen-bond acceptors (Lipinski definition) is 4. The molecule has 1 amide bonds. The van der Waals surface area contributed by atoms with Gasteiger partial charge in [0.2, 0.25) is 0 Å². The largest absolute Gasteiger partial charge is 0.490 e. The predicted octanol–water partition coefficient (Wildman–Crippen LogP) is 3.28. The number of imidazole rings is 1. The molecular weight excluding hydrogens is 328 g/mol. The number of hydrazone groups is 1. The molecule has 26 heavy (non-hydrogen) atoms. The quantitative estimate of drug-likeness (QED) is 0.422. The zero-order chi connectivity index (χ0) is 18.5. The summed E-state index contributed by atoms with van der Waals surface area (Å²) in [4.78, 5) is 16.9. The normalized spacial score (nSPS) is 11.0. The van der Waals surface area contributed by atoms with Crippen molar-refractivity contribution in [1.82, 2.24) is 14.8 Å². The third-order valence-corrected chi connectivity index (χ3v) is 3.78. The first-order chi connectivity index (χ1) is 12.6. The predicted molar refractivity (Wildman–Crippen MR) is 102 cm³/mol. The van der Waals surface area contributed by atoms with E-state index in [9.17, 15) is 4.79 Å². The van der Waals surface area contributed by atoms with E-state index in [1.807, 2.05) is 56.4 Å². The Morgan fingerprint density at radius 1 is 1.27 bits per heavy atom. The van der Waals surface area contributed by atoms with Crippen LogP contribution in [0.4, 0.5) is 0 Å². The first-order valence-electron chi connectivity index (χ1n) is 8.21. The number of carbonyl (C=O) groups is 1. The lowest BCUT2D eigenvalue weighted by molar-refractivity contribution is 0.0948. The molecule has 6 nitrogen and oxygen atoms in total. The van der Waals surface area contributed by atoms with E-state index in [0.29, 0.717) is 18.0 Å². The van der Waals surface area contributed by atoms with Gasteiger partial charge < -0.3 is 4.74 Å². The third-order valence-electron chi connectivity index (χ3n) is 3.78. The lowest BCUT2D eigenvalue weighted by Gasteiger charge is -2.03. The van der Waals surface area contributed by atoms with Gasteiger partial charge in [-0.2, -0.15) is 5.10 Å². The Labute approximate surface area is 151 Å². The fourth-order valence-corrected chi connectivity index (χ4v) is 2.57. The van der Waals surface area contributed by atoms with E-state index in [1.165, 1.54) is 0 Å². The maximum absolute atomic E-state index is 12.5. The van der Waals surface area contributed by atoms with E-state index in [0.717, 1.165) is 22.5 Å². The molecule has 3 aromatic rings. The van der Waals surface area contributed by atoms with Crippen LogP contribution >= 0.6 is 0 Å². The van der Waals surface area contributed by atoms with E-state index >= 15 is 0 Å². The number of carbonyl (C=O) groups excluding carboxylic acids is 1. The number of aromatic nitrogens is 2. The van der Waals surface area contributed by atoms with Crippen LogP contribution in [0, 0.1) is 13.8 Å². The van der Waals surface area contributed by atoms with Gasteiger partial charge in [0.1, 0.15) is 23.7 Å². The summed E-state index contributed by atoms with van der Waals surface area (Å²) in [5.74, 6) is 0.450. The van der Waals surface area contributed by atoms with Crippen molar-refractivity contribution >= 4 is 17.8 Å². The number of hydrogen-bond donors (Lipinski definition) is 1. The zero-order valence-corrected chi connectivity index (χ0v) is 14.8. The number of pyridine rings is 1. The topological polar surface area (TPSA) is 68.0 Å². The van der Waals surface area contributed by atoms with Crippen LogP contribution in [0.1, 0.15) is 27.3 Å². The van der Waals surface area contributed by atoms with Crippen LogP contribution < -0.4 is 10.2 Å². The standard InChI is InChI=1S/C20H20N4O2/c1-4-11-26-17-8-6-16(7-9-17)12-21-23-20(25)19-15(3)22-18-10-5-14(2)13-24(18)19/h4-10,12-13H,1,11H2,2-3H3,(H,23,25)/b21-12-. The van der Waals surface area contributed by atoms with Gasteiger partial charge in [0.05, 0.1) is 11.9 Å². The van der Waals surface area contributed by atoms with Crippen molar-refractivity contribution < 1.29 is 9.53 Å². The summed E-state index contributed by atoms with van der Waals surface area (Å²) in [6, 6.07) is 11.2. The fourth-order valence-electron chi connectivity index (χ4n) is 2.57. The molecule has 0 bridgehead atoms. The minimum atomic E-state index is -0.303. The second-order valence-corrected chi connectivity index (χ2v) is 5.85. The molecule has 3 rings (SSSR count). The van der Waals surface area contributed by atoms with Crippen LogP contribution in [0.5, 0.6) is 5.75 Å². The molecule has 0 aliphatic heterocycles.